The molecular weight excluding hydrogens is 280 g/mol. The first kappa shape index (κ1) is 13.1. The molecule has 0 amide bonds. The van der Waals surface area contributed by atoms with Gasteiger partial charge in [0.1, 0.15) is 4.90 Å². The Balaban J connectivity index is 2.12. The molecule has 4 nitrogen and oxygen atoms in total. The third-order valence-corrected chi connectivity index (χ3v) is 6.43. The molecule has 1 saturated carbocycles. The van der Waals surface area contributed by atoms with Gasteiger partial charge in [-0.25, -0.2) is 13.1 Å². The van der Waals surface area contributed by atoms with E-state index in [-0.39, 0.29) is 12.6 Å². The largest absolute Gasteiger partial charge is 0.326 e. The number of nitrogens with two attached hydrogens (primary N) is 1. The highest BCUT2D eigenvalue weighted by Crippen LogP contribution is 2.36. The molecule has 3 rings (SSSR count). The van der Waals surface area contributed by atoms with E-state index in [1.807, 2.05) is 31.2 Å². The summed E-state index contributed by atoms with van der Waals surface area (Å²) in [5.41, 5.74) is 5.70. The fraction of sp³-hybridized carbons (Fsp3) is 0.385. The fourth-order valence-electron chi connectivity index (χ4n) is 2.25. The van der Waals surface area contributed by atoms with E-state index >= 15 is 0 Å². The third-order valence-electron chi connectivity index (χ3n) is 3.49. The summed E-state index contributed by atoms with van der Waals surface area (Å²) in [4.78, 5) is 1.09. The van der Waals surface area contributed by atoms with Gasteiger partial charge in [0, 0.05) is 27.5 Å². The quantitative estimate of drug-likeness (QED) is 0.907. The number of benzene rings is 1. The molecule has 3 N–H and O–H groups in total. The molecule has 1 heterocycles. The standard InChI is InChI=1S/C13H16N2O2S2/c1-8-6-10(8)15-19(16,17)13-9-4-2-3-5-11(9)18-12(13)7-14/h2-5,8,10,15H,6-7,14H2,1H3. The van der Waals surface area contributed by atoms with Crippen molar-refractivity contribution in [1.82, 2.24) is 4.72 Å². The molecule has 19 heavy (non-hydrogen) atoms. The Morgan fingerprint density at radius 1 is 1.42 bits per heavy atom. The summed E-state index contributed by atoms with van der Waals surface area (Å²) in [6.07, 6.45) is 0.916. The van der Waals surface area contributed by atoms with E-state index in [4.69, 9.17) is 5.73 Å². The van der Waals surface area contributed by atoms with Gasteiger partial charge in [-0.15, -0.1) is 11.3 Å². The van der Waals surface area contributed by atoms with Crippen LogP contribution in [0.2, 0.25) is 0 Å². The molecule has 0 spiro atoms. The summed E-state index contributed by atoms with van der Waals surface area (Å²) in [7, 11) is -3.48. The van der Waals surface area contributed by atoms with Crippen LogP contribution in [0.4, 0.5) is 0 Å². The first-order chi connectivity index (χ1) is 9.03. The van der Waals surface area contributed by atoms with E-state index in [1.165, 1.54) is 11.3 Å². The van der Waals surface area contributed by atoms with Gasteiger partial charge < -0.3 is 5.73 Å². The van der Waals surface area contributed by atoms with Crippen LogP contribution in [0.3, 0.4) is 0 Å². The second kappa shape index (κ2) is 4.56. The van der Waals surface area contributed by atoms with Gasteiger partial charge in [-0.3, -0.25) is 0 Å². The average molecular weight is 296 g/mol. The van der Waals surface area contributed by atoms with Crippen molar-refractivity contribution in [3.8, 4) is 0 Å². The third kappa shape index (κ3) is 2.29. The number of hydrogen-bond acceptors (Lipinski definition) is 4. The number of sulfonamides is 1. The summed E-state index contributed by atoms with van der Waals surface area (Å²) < 4.78 is 28.8. The van der Waals surface area contributed by atoms with Crippen LogP contribution in [0.15, 0.2) is 29.2 Å². The van der Waals surface area contributed by atoms with Crippen molar-refractivity contribution >= 4 is 31.4 Å². The van der Waals surface area contributed by atoms with Crippen molar-refractivity contribution in [2.24, 2.45) is 11.7 Å². The maximum atomic E-state index is 12.5. The lowest BCUT2D eigenvalue weighted by Gasteiger charge is -2.07. The Kier molecular flexibility index (Phi) is 3.13. The van der Waals surface area contributed by atoms with Gasteiger partial charge in [0.15, 0.2) is 0 Å². The summed E-state index contributed by atoms with van der Waals surface area (Å²) >= 11 is 1.45. The molecule has 2 unspecified atom stereocenters. The molecule has 1 fully saturated rings. The Labute approximate surface area is 116 Å². The van der Waals surface area contributed by atoms with Crippen molar-refractivity contribution < 1.29 is 8.42 Å². The van der Waals surface area contributed by atoms with Crippen molar-refractivity contribution in [2.75, 3.05) is 0 Å². The maximum absolute atomic E-state index is 12.5. The van der Waals surface area contributed by atoms with Crippen LogP contribution in [0.1, 0.15) is 18.2 Å². The molecule has 6 heteroatoms. The zero-order chi connectivity index (χ0) is 13.6. The summed E-state index contributed by atoms with van der Waals surface area (Å²) in [6, 6.07) is 7.61. The van der Waals surface area contributed by atoms with Crippen LogP contribution in [-0.4, -0.2) is 14.5 Å². The first-order valence-corrected chi connectivity index (χ1v) is 8.55. The Bertz CT molecular complexity index is 721. The van der Waals surface area contributed by atoms with Crippen molar-refractivity contribution in [2.45, 2.75) is 30.8 Å². The van der Waals surface area contributed by atoms with Crippen LogP contribution < -0.4 is 10.5 Å². The highest BCUT2D eigenvalue weighted by atomic mass is 32.2. The number of rotatable bonds is 4. The Morgan fingerprint density at radius 3 is 2.74 bits per heavy atom. The molecule has 0 radical (unpaired) electrons. The van der Waals surface area contributed by atoms with E-state index in [1.54, 1.807) is 0 Å². The molecule has 0 bridgehead atoms. The van der Waals surface area contributed by atoms with Crippen molar-refractivity contribution in [1.29, 1.82) is 0 Å². The molecule has 1 aliphatic carbocycles. The Hall–Kier alpha value is -0.950. The van der Waals surface area contributed by atoms with E-state index < -0.39 is 10.0 Å². The topological polar surface area (TPSA) is 72.2 Å². The zero-order valence-corrected chi connectivity index (χ0v) is 12.2. The first-order valence-electron chi connectivity index (χ1n) is 6.25. The monoisotopic (exact) mass is 296 g/mol. The second-order valence-electron chi connectivity index (χ2n) is 5.00. The van der Waals surface area contributed by atoms with Crippen molar-refractivity contribution in [3.05, 3.63) is 29.1 Å². The summed E-state index contributed by atoms with van der Waals surface area (Å²) in [5, 5.41) is 0.772. The molecule has 0 saturated heterocycles. The number of fused-ring (bicyclic) bond motifs is 1. The summed E-state index contributed by atoms with van der Waals surface area (Å²) in [6.45, 7) is 2.29. The lowest BCUT2D eigenvalue weighted by Crippen LogP contribution is -2.27. The molecule has 1 aromatic heterocycles. The summed E-state index contributed by atoms with van der Waals surface area (Å²) in [5.74, 6) is 0.431. The average Bonchev–Trinajstić information content (AvgIpc) is 2.93. The van der Waals surface area contributed by atoms with E-state index in [0.717, 1.165) is 21.4 Å². The SMILES string of the molecule is CC1CC1NS(=O)(=O)c1c(CN)sc2ccccc12. The highest BCUT2D eigenvalue weighted by Gasteiger charge is 2.37. The van der Waals surface area contributed by atoms with E-state index in [0.29, 0.717) is 10.8 Å². The van der Waals surface area contributed by atoms with Gasteiger partial charge in [-0.05, 0) is 18.4 Å². The van der Waals surface area contributed by atoms with Gasteiger partial charge in [0.2, 0.25) is 10.0 Å². The lowest BCUT2D eigenvalue weighted by molar-refractivity contribution is 0.578. The highest BCUT2D eigenvalue weighted by molar-refractivity contribution is 7.90. The molecule has 0 aliphatic heterocycles. The van der Waals surface area contributed by atoms with E-state index in [2.05, 4.69) is 4.72 Å². The van der Waals surface area contributed by atoms with E-state index in [9.17, 15) is 8.42 Å². The van der Waals surface area contributed by atoms with Gasteiger partial charge >= 0.3 is 0 Å². The van der Waals surface area contributed by atoms with Crippen LogP contribution in [0.25, 0.3) is 10.1 Å². The van der Waals surface area contributed by atoms with Gasteiger partial charge in [0.05, 0.1) is 0 Å². The molecule has 102 valence electrons. The number of nitrogens with one attached hydrogen (secondary N) is 1. The fourth-order valence-corrected chi connectivity index (χ4v) is 5.44. The van der Waals surface area contributed by atoms with Crippen molar-refractivity contribution in [3.63, 3.8) is 0 Å². The second-order valence-corrected chi connectivity index (χ2v) is 7.78. The molecule has 2 aromatic rings. The minimum absolute atomic E-state index is 0.0780. The number of thiophene rings is 1. The molecule has 1 aromatic carbocycles. The van der Waals surface area contributed by atoms with Crippen LogP contribution >= 0.6 is 11.3 Å². The van der Waals surface area contributed by atoms with Gasteiger partial charge in [-0.1, -0.05) is 25.1 Å². The van der Waals surface area contributed by atoms with Crippen LogP contribution in [0, 0.1) is 5.92 Å². The molecule has 2 atom stereocenters. The van der Waals surface area contributed by atoms with Crippen LogP contribution in [0.5, 0.6) is 0 Å². The maximum Gasteiger partial charge on any atom is 0.242 e. The smallest absolute Gasteiger partial charge is 0.242 e. The molecular formula is C13H16N2O2S2. The number of hydrogen-bond donors (Lipinski definition) is 2. The predicted octanol–water partition coefficient (Wildman–Crippen LogP) is 2.05. The minimum atomic E-state index is -3.48. The minimum Gasteiger partial charge on any atom is -0.326 e. The van der Waals surface area contributed by atoms with Crippen LogP contribution in [-0.2, 0) is 16.6 Å². The molecule has 1 aliphatic rings. The zero-order valence-electron chi connectivity index (χ0n) is 10.6. The van der Waals surface area contributed by atoms with Gasteiger partial charge in [-0.2, -0.15) is 0 Å². The van der Waals surface area contributed by atoms with Gasteiger partial charge in [0.25, 0.3) is 0 Å². The lowest BCUT2D eigenvalue weighted by atomic mass is 10.2. The predicted molar refractivity (Wildman–Crippen MR) is 77.6 cm³/mol. The normalized spacial score (nSPS) is 22.8. The Morgan fingerprint density at radius 2 is 2.11 bits per heavy atom.